The predicted octanol–water partition coefficient (Wildman–Crippen LogP) is 1.58. The van der Waals surface area contributed by atoms with Gasteiger partial charge in [-0.2, -0.15) is 0 Å². The van der Waals surface area contributed by atoms with Crippen molar-refractivity contribution in [2.24, 2.45) is 17.3 Å². The molecule has 2 aliphatic rings. The van der Waals surface area contributed by atoms with E-state index in [2.05, 4.69) is 19.1 Å². The van der Waals surface area contributed by atoms with Gasteiger partial charge in [-0.05, 0) is 30.1 Å². The maximum absolute atomic E-state index is 9.11. The van der Waals surface area contributed by atoms with Crippen molar-refractivity contribution in [3.05, 3.63) is 12.2 Å². The van der Waals surface area contributed by atoms with Gasteiger partial charge in [-0.15, -0.1) is 0 Å². The molecular formula is C9H14O. The zero-order chi connectivity index (χ0) is 7.19. The Hall–Kier alpha value is -0.300. The Morgan fingerprint density at radius 1 is 1.60 bits per heavy atom. The van der Waals surface area contributed by atoms with Crippen molar-refractivity contribution in [3.8, 4) is 0 Å². The molecule has 0 heterocycles. The minimum absolute atomic E-state index is 0.222. The van der Waals surface area contributed by atoms with Crippen LogP contribution in [0.1, 0.15) is 19.8 Å². The van der Waals surface area contributed by atoms with Crippen LogP contribution in [-0.2, 0) is 0 Å². The van der Waals surface area contributed by atoms with E-state index < -0.39 is 0 Å². The number of hydrogen-bond donors (Lipinski definition) is 1. The smallest absolute Gasteiger partial charge is 0.0490 e. The molecule has 2 bridgehead atoms. The zero-order valence-electron chi connectivity index (χ0n) is 6.38. The molecule has 10 heavy (non-hydrogen) atoms. The summed E-state index contributed by atoms with van der Waals surface area (Å²) in [5.41, 5.74) is 0.222. The van der Waals surface area contributed by atoms with Gasteiger partial charge < -0.3 is 5.11 Å². The van der Waals surface area contributed by atoms with Crippen molar-refractivity contribution in [3.63, 3.8) is 0 Å². The molecule has 1 heteroatoms. The summed E-state index contributed by atoms with van der Waals surface area (Å²) in [5, 5.41) is 9.11. The first-order valence-corrected chi connectivity index (χ1v) is 4.04. The Morgan fingerprint density at radius 2 is 2.40 bits per heavy atom. The lowest BCUT2D eigenvalue weighted by Gasteiger charge is -2.28. The molecule has 1 N–H and O–H groups in total. The minimum atomic E-state index is 0.222. The first-order valence-electron chi connectivity index (χ1n) is 4.04. The van der Waals surface area contributed by atoms with Crippen LogP contribution in [-0.4, -0.2) is 11.7 Å². The van der Waals surface area contributed by atoms with Crippen LogP contribution in [0.2, 0.25) is 0 Å². The molecule has 0 aromatic carbocycles. The minimum Gasteiger partial charge on any atom is -0.396 e. The van der Waals surface area contributed by atoms with Gasteiger partial charge in [-0.25, -0.2) is 0 Å². The molecule has 0 saturated heterocycles. The SMILES string of the molecule is C[C@@]1(CO)C[C@H]2C=C[C@H]1C2. The van der Waals surface area contributed by atoms with Crippen LogP contribution in [0.5, 0.6) is 0 Å². The van der Waals surface area contributed by atoms with Gasteiger partial charge in [0.1, 0.15) is 0 Å². The molecule has 1 nitrogen and oxygen atoms in total. The van der Waals surface area contributed by atoms with Crippen molar-refractivity contribution in [2.75, 3.05) is 6.61 Å². The highest BCUT2D eigenvalue weighted by Crippen LogP contribution is 2.51. The largest absolute Gasteiger partial charge is 0.396 e. The summed E-state index contributed by atoms with van der Waals surface area (Å²) in [6.45, 7) is 2.56. The summed E-state index contributed by atoms with van der Waals surface area (Å²) in [5.74, 6) is 1.45. The number of hydrogen-bond acceptors (Lipinski definition) is 1. The highest BCUT2D eigenvalue weighted by Gasteiger charge is 2.44. The molecule has 0 unspecified atom stereocenters. The van der Waals surface area contributed by atoms with E-state index in [4.69, 9.17) is 5.11 Å². The number of fused-ring (bicyclic) bond motifs is 2. The average molecular weight is 138 g/mol. The molecule has 1 fully saturated rings. The Bertz CT molecular complexity index is 174. The molecule has 0 aromatic heterocycles. The van der Waals surface area contributed by atoms with E-state index in [-0.39, 0.29) is 5.41 Å². The lowest BCUT2D eigenvalue weighted by Crippen LogP contribution is -2.25. The first-order chi connectivity index (χ1) is 4.74. The van der Waals surface area contributed by atoms with Gasteiger partial charge in [0.15, 0.2) is 0 Å². The summed E-state index contributed by atoms with van der Waals surface area (Å²) in [6, 6.07) is 0. The van der Waals surface area contributed by atoms with Crippen LogP contribution in [0, 0.1) is 17.3 Å². The topological polar surface area (TPSA) is 20.2 Å². The van der Waals surface area contributed by atoms with Crippen LogP contribution in [0.25, 0.3) is 0 Å². The fourth-order valence-corrected chi connectivity index (χ4v) is 2.37. The van der Waals surface area contributed by atoms with Crippen molar-refractivity contribution < 1.29 is 5.11 Å². The lowest BCUT2D eigenvalue weighted by molar-refractivity contribution is 0.116. The lowest BCUT2D eigenvalue weighted by atomic mass is 9.78. The maximum Gasteiger partial charge on any atom is 0.0490 e. The van der Waals surface area contributed by atoms with Gasteiger partial charge in [0.25, 0.3) is 0 Å². The molecule has 0 spiro atoms. The van der Waals surface area contributed by atoms with E-state index in [9.17, 15) is 0 Å². The Morgan fingerprint density at radius 3 is 2.70 bits per heavy atom. The van der Waals surface area contributed by atoms with Crippen LogP contribution in [0.15, 0.2) is 12.2 Å². The van der Waals surface area contributed by atoms with Crippen LogP contribution >= 0.6 is 0 Å². The van der Waals surface area contributed by atoms with E-state index in [1.807, 2.05) is 0 Å². The summed E-state index contributed by atoms with van der Waals surface area (Å²) in [6.07, 6.45) is 7.08. The molecule has 2 aliphatic carbocycles. The quantitative estimate of drug-likeness (QED) is 0.545. The van der Waals surface area contributed by atoms with Gasteiger partial charge >= 0.3 is 0 Å². The highest BCUT2D eigenvalue weighted by molar-refractivity contribution is 5.14. The second kappa shape index (κ2) is 1.85. The van der Waals surface area contributed by atoms with Gasteiger partial charge in [0.2, 0.25) is 0 Å². The normalized spacial score (nSPS) is 50.6. The van der Waals surface area contributed by atoms with E-state index in [0.29, 0.717) is 12.5 Å². The third-order valence-electron chi connectivity index (χ3n) is 3.16. The molecule has 1 saturated carbocycles. The Kier molecular flexibility index (Phi) is 1.19. The zero-order valence-corrected chi connectivity index (χ0v) is 6.38. The molecule has 3 atom stereocenters. The fraction of sp³-hybridized carbons (Fsp3) is 0.778. The Labute approximate surface area is 61.8 Å². The molecule has 2 rings (SSSR count). The highest BCUT2D eigenvalue weighted by atomic mass is 16.3. The number of aliphatic hydroxyl groups is 1. The third-order valence-corrected chi connectivity index (χ3v) is 3.16. The van der Waals surface area contributed by atoms with Crippen LogP contribution < -0.4 is 0 Å². The standard InChI is InChI=1S/C9H14O/c1-9(6-10)5-7-2-3-8(9)4-7/h2-3,7-8,10H,4-6H2,1H3/t7-,8-,9-/m0/s1. The molecule has 0 aliphatic heterocycles. The number of aliphatic hydroxyl groups excluding tert-OH is 1. The molecular weight excluding hydrogens is 124 g/mol. The van der Waals surface area contributed by atoms with E-state index in [1.54, 1.807) is 0 Å². The Balaban J connectivity index is 2.22. The molecule has 56 valence electrons. The number of rotatable bonds is 1. The molecule has 0 radical (unpaired) electrons. The van der Waals surface area contributed by atoms with Crippen molar-refractivity contribution in [1.82, 2.24) is 0 Å². The van der Waals surface area contributed by atoms with Crippen LogP contribution in [0.3, 0.4) is 0 Å². The summed E-state index contributed by atoms with van der Waals surface area (Å²) >= 11 is 0. The van der Waals surface area contributed by atoms with Crippen molar-refractivity contribution in [1.29, 1.82) is 0 Å². The molecule has 0 amide bonds. The van der Waals surface area contributed by atoms with Crippen molar-refractivity contribution >= 4 is 0 Å². The van der Waals surface area contributed by atoms with Gasteiger partial charge in [-0.3, -0.25) is 0 Å². The van der Waals surface area contributed by atoms with E-state index in [1.165, 1.54) is 12.8 Å². The average Bonchev–Trinajstić information content (AvgIpc) is 2.46. The van der Waals surface area contributed by atoms with E-state index >= 15 is 0 Å². The first kappa shape index (κ1) is 6.41. The summed E-state index contributed by atoms with van der Waals surface area (Å²) in [7, 11) is 0. The maximum atomic E-state index is 9.11. The molecule has 0 aromatic rings. The fourth-order valence-electron chi connectivity index (χ4n) is 2.37. The predicted molar refractivity (Wildman–Crippen MR) is 40.5 cm³/mol. The monoisotopic (exact) mass is 138 g/mol. The summed E-state index contributed by atoms with van der Waals surface area (Å²) in [4.78, 5) is 0. The third kappa shape index (κ3) is 0.671. The second-order valence-electron chi connectivity index (χ2n) is 4.00. The van der Waals surface area contributed by atoms with Crippen molar-refractivity contribution in [2.45, 2.75) is 19.8 Å². The summed E-state index contributed by atoms with van der Waals surface area (Å²) < 4.78 is 0. The second-order valence-corrected chi connectivity index (χ2v) is 4.00. The van der Waals surface area contributed by atoms with Gasteiger partial charge in [-0.1, -0.05) is 19.1 Å². The van der Waals surface area contributed by atoms with Gasteiger partial charge in [0, 0.05) is 6.61 Å². The number of allylic oxidation sites excluding steroid dienone is 2. The van der Waals surface area contributed by atoms with Gasteiger partial charge in [0.05, 0.1) is 0 Å². The van der Waals surface area contributed by atoms with Crippen LogP contribution in [0.4, 0.5) is 0 Å². The van der Waals surface area contributed by atoms with E-state index in [0.717, 1.165) is 5.92 Å².